The summed E-state index contributed by atoms with van der Waals surface area (Å²) in [5.74, 6) is -0.209. The molecule has 0 aliphatic rings. The van der Waals surface area contributed by atoms with Gasteiger partial charge in [0, 0.05) is 18.2 Å². The molecule has 1 aromatic rings. The lowest BCUT2D eigenvalue weighted by molar-refractivity contribution is -0.122. The van der Waals surface area contributed by atoms with Crippen molar-refractivity contribution in [3.63, 3.8) is 0 Å². The van der Waals surface area contributed by atoms with E-state index in [-0.39, 0.29) is 17.7 Å². The highest BCUT2D eigenvalue weighted by Crippen LogP contribution is 2.13. The Hall–Kier alpha value is -1.88. The van der Waals surface area contributed by atoms with Gasteiger partial charge < -0.3 is 16.4 Å². The molecule has 1 unspecified atom stereocenters. The second-order valence-electron chi connectivity index (χ2n) is 5.01. The molecular weight excluding hydrogens is 254 g/mol. The van der Waals surface area contributed by atoms with Crippen LogP contribution in [0.15, 0.2) is 24.3 Å². The maximum absolute atomic E-state index is 11.8. The molecule has 0 aromatic heterocycles. The van der Waals surface area contributed by atoms with Crippen LogP contribution in [-0.4, -0.2) is 17.9 Å². The monoisotopic (exact) mass is 277 g/mol. The minimum Gasteiger partial charge on any atom is -0.351 e. The molecule has 0 radical (unpaired) electrons. The third-order valence-electron chi connectivity index (χ3n) is 3.13. The fourth-order valence-electron chi connectivity index (χ4n) is 1.56. The van der Waals surface area contributed by atoms with E-state index in [1.54, 1.807) is 6.92 Å². The van der Waals surface area contributed by atoms with E-state index in [0.29, 0.717) is 6.54 Å². The zero-order valence-electron chi connectivity index (χ0n) is 12.3. The van der Waals surface area contributed by atoms with E-state index >= 15 is 0 Å². The van der Waals surface area contributed by atoms with Crippen molar-refractivity contribution in [3.8, 4) is 0 Å². The summed E-state index contributed by atoms with van der Waals surface area (Å²) in [5.41, 5.74) is 7.13. The van der Waals surface area contributed by atoms with E-state index in [1.165, 1.54) is 0 Å². The third-order valence-corrected chi connectivity index (χ3v) is 3.13. The molecule has 0 aliphatic heterocycles. The van der Waals surface area contributed by atoms with Gasteiger partial charge in [0.05, 0.1) is 6.04 Å². The molecule has 2 atom stereocenters. The molecule has 2 amide bonds. The van der Waals surface area contributed by atoms with Gasteiger partial charge in [0.1, 0.15) is 0 Å². The summed E-state index contributed by atoms with van der Waals surface area (Å²) in [6, 6.07) is 6.89. The van der Waals surface area contributed by atoms with Gasteiger partial charge in [-0.15, -0.1) is 0 Å². The highest BCUT2D eigenvalue weighted by Gasteiger charge is 2.11. The van der Waals surface area contributed by atoms with Gasteiger partial charge >= 0.3 is 0 Å². The van der Waals surface area contributed by atoms with Gasteiger partial charge in [0.15, 0.2) is 0 Å². The molecule has 0 spiro atoms. The Kier molecular flexibility index (Phi) is 6.18. The van der Waals surface area contributed by atoms with Gasteiger partial charge in [0.25, 0.3) is 0 Å². The molecule has 5 heteroatoms. The summed E-state index contributed by atoms with van der Waals surface area (Å²) in [6.45, 7) is 5.90. The van der Waals surface area contributed by atoms with Crippen LogP contribution in [0.4, 0.5) is 5.69 Å². The Morgan fingerprint density at radius 1 is 1.25 bits per heavy atom. The number of anilines is 1. The first-order chi connectivity index (χ1) is 9.43. The van der Waals surface area contributed by atoms with Gasteiger partial charge in [-0.2, -0.15) is 0 Å². The molecule has 0 aliphatic carbocycles. The Balaban J connectivity index is 2.62. The van der Waals surface area contributed by atoms with Crippen molar-refractivity contribution >= 4 is 17.5 Å². The number of hydrogen-bond acceptors (Lipinski definition) is 3. The summed E-state index contributed by atoms with van der Waals surface area (Å²) in [6.07, 6.45) is 0.802. The van der Waals surface area contributed by atoms with Crippen molar-refractivity contribution in [1.82, 2.24) is 5.32 Å². The molecule has 5 nitrogen and oxygen atoms in total. The van der Waals surface area contributed by atoms with Crippen LogP contribution in [0.5, 0.6) is 0 Å². The molecule has 0 bridgehead atoms. The van der Waals surface area contributed by atoms with E-state index < -0.39 is 6.04 Å². The summed E-state index contributed by atoms with van der Waals surface area (Å²) in [5, 5.41) is 5.60. The molecule has 4 N–H and O–H groups in total. The zero-order chi connectivity index (χ0) is 15.1. The number of hydrogen-bond donors (Lipinski definition) is 3. The van der Waals surface area contributed by atoms with Gasteiger partial charge in [0.2, 0.25) is 11.8 Å². The molecule has 20 heavy (non-hydrogen) atoms. The van der Waals surface area contributed by atoms with E-state index in [1.807, 2.05) is 38.1 Å². The average Bonchev–Trinajstić information content (AvgIpc) is 2.43. The molecule has 110 valence electrons. The van der Waals surface area contributed by atoms with Gasteiger partial charge in [-0.25, -0.2) is 0 Å². The van der Waals surface area contributed by atoms with Crippen LogP contribution in [0.2, 0.25) is 0 Å². The minimum absolute atomic E-state index is 0.00395. The van der Waals surface area contributed by atoms with Crippen LogP contribution in [0.25, 0.3) is 0 Å². The second kappa shape index (κ2) is 7.65. The summed E-state index contributed by atoms with van der Waals surface area (Å²) in [4.78, 5) is 23.2. The SMILES string of the molecule is CCC(C)C(=O)Nc1cccc(CNC(=O)[C@@H](C)N)c1. The van der Waals surface area contributed by atoms with Crippen LogP contribution >= 0.6 is 0 Å². The van der Waals surface area contributed by atoms with E-state index in [4.69, 9.17) is 5.73 Å². The second-order valence-corrected chi connectivity index (χ2v) is 5.01. The van der Waals surface area contributed by atoms with E-state index in [2.05, 4.69) is 10.6 Å². The first kappa shape index (κ1) is 16.2. The molecule has 1 rings (SSSR count). The first-order valence-electron chi connectivity index (χ1n) is 6.87. The number of amides is 2. The topological polar surface area (TPSA) is 84.2 Å². The quantitative estimate of drug-likeness (QED) is 0.739. The number of benzene rings is 1. The fourth-order valence-corrected chi connectivity index (χ4v) is 1.56. The highest BCUT2D eigenvalue weighted by atomic mass is 16.2. The zero-order valence-corrected chi connectivity index (χ0v) is 12.3. The van der Waals surface area contributed by atoms with E-state index in [9.17, 15) is 9.59 Å². The Morgan fingerprint density at radius 3 is 2.55 bits per heavy atom. The number of carbonyl (C=O) groups excluding carboxylic acids is 2. The molecular formula is C15H23N3O2. The number of rotatable bonds is 6. The Labute approximate surface area is 119 Å². The number of carbonyl (C=O) groups is 2. The summed E-state index contributed by atoms with van der Waals surface area (Å²) < 4.78 is 0. The molecule has 0 saturated heterocycles. The van der Waals surface area contributed by atoms with Gasteiger partial charge in [-0.1, -0.05) is 26.0 Å². The fraction of sp³-hybridized carbons (Fsp3) is 0.467. The smallest absolute Gasteiger partial charge is 0.236 e. The normalized spacial score (nSPS) is 13.4. The maximum atomic E-state index is 11.8. The number of nitrogens with two attached hydrogens (primary N) is 1. The highest BCUT2D eigenvalue weighted by molar-refractivity contribution is 5.92. The predicted molar refractivity (Wildman–Crippen MR) is 80.0 cm³/mol. The van der Waals surface area contributed by atoms with Crippen molar-refractivity contribution in [2.45, 2.75) is 39.8 Å². The maximum Gasteiger partial charge on any atom is 0.236 e. The predicted octanol–water partition coefficient (Wildman–Crippen LogP) is 1.63. The molecule has 0 fully saturated rings. The average molecular weight is 277 g/mol. The molecule has 1 aromatic carbocycles. The van der Waals surface area contributed by atoms with Gasteiger partial charge in [-0.3, -0.25) is 9.59 Å². The minimum atomic E-state index is -0.525. The molecule has 0 saturated carbocycles. The van der Waals surface area contributed by atoms with Crippen molar-refractivity contribution in [3.05, 3.63) is 29.8 Å². The van der Waals surface area contributed by atoms with Gasteiger partial charge in [-0.05, 0) is 31.0 Å². The number of nitrogens with one attached hydrogen (secondary N) is 2. The molecule has 0 heterocycles. The largest absolute Gasteiger partial charge is 0.351 e. The third kappa shape index (κ3) is 5.01. The van der Waals surface area contributed by atoms with Crippen LogP contribution in [0.3, 0.4) is 0 Å². The standard InChI is InChI=1S/C15H23N3O2/c1-4-10(2)14(19)18-13-7-5-6-12(8-13)9-17-15(20)11(3)16/h5-8,10-11H,4,9,16H2,1-3H3,(H,17,20)(H,18,19)/t10?,11-/m1/s1. The lowest BCUT2D eigenvalue weighted by atomic mass is 10.1. The Morgan fingerprint density at radius 2 is 1.95 bits per heavy atom. The van der Waals surface area contributed by atoms with Crippen molar-refractivity contribution in [2.75, 3.05) is 5.32 Å². The van der Waals surface area contributed by atoms with Crippen molar-refractivity contribution < 1.29 is 9.59 Å². The van der Waals surface area contributed by atoms with Crippen LogP contribution < -0.4 is 16.4 Å². The Bertz CT molecular complexity index is 472. The van der Waals surface area contributed by atoms with Crippen LogP contribution in [0.1, 0.15) is 32.8 Å². The first-order valence-corrected chi connectivity index (χ1v) is 6.87. The summed E-state index contributed by atoms with van der Waals surface area (Å²) >= 11 is 0. The van der Waals surface area contributed by atoms with E-state index in [0.717, 1.165) is 17.7 Å². The van der Waals surface area contributed by atoms with Crippen molar-refractivity contribution in [1.29, 1.82) is 0 Å². The summed E-state index contributed by atoms with van der Waals surface area (Å²) in [7, 11) is 0. The lowest BCUT2D eigenvalue weighted by Crippen LogP contribution is -2.37. The lowest BCUT2D eigenvalue weighted by Gasteiger charge is -2.12. The van der Waals surface area contributed by atoms with Crippen LogP contribution in [0, 0.1) is 5.92 Å². The van der Waals surface area contributed by atoms with Crippen molar-refractivity contribution in [2.24, 2.45) is 11.7 Å². The van der Waals surface area contributed by atoms with Crippen LogP contribution in [-0.2, 0) is 16.1 Å².